The molecule has 0 unspecified atom stereocenters. The molecule has 9 heavy (non-hydrogen) atoms. The zero-order chi connectivity index (χ0) is 7.28. The summed E-state index contributed by atoms with van der Waals surface area (Å²) < 4.78 is 4.31. The van der Waals surface area contributed by atoms with Gasteiger partial charge in [0.2, 0.25) is 0 Å². The minimum Gasteiger partial charge on any atom is -0.435 e. The van der Waals surface area contributed by atoms with Crippen molar-refractivity contribution in [2.45, 2.75) is 13.8 Å². The van der Waals surface area contributed by atoms with Crippen LogP contribution in [0.4, 0.5) is 0 Å². The van der Waals surface area contributed by atoms with Crippen LogP contribution in [0.5, 0.6) is 0 Å². The highest BCUT2D eigenvalue weighted by Gasteiger charge is 1.85. The summed E-state index contributed by atoms with van der Waals surface area (Å²) in [6.07, 6.45) is 2.26. The molecule has 3 nitrogen and oxygen atoms in total. The molecule has 0 bridgehead atoms. The van der Waals surface area contributed by atoms with E-state index in [2.05, 4.69) is 4.74 Å². The van der Waals surface area contributed by atoms with Crippen LogP contribution >= 0.6 is 0 Å². The van der Waals surface area contributed by atoms with Crippen LogP contribution in [0.1, 0.15) is 13.8 Å². The summed E-state index contributed by atoms with van der Waals surface area (Å²) in [5.41, 5.74) is 0. The fourth-order valence-corrected chi connectivity index (χ4v) is 0.226. The molecule has 0 fully saturated rings. The molecule has 0 aliphatic rings. The molecule has 3 heteroatoms. The van der Waals surface area contributed by atoms with Gasteiger partial charge in [-0.15, -0.1) is 0 Å². The Morgan fingerprint density at radius 2 is 1.89 bits per heavy atom. The van der Waals surface area contributed by atoms with Gasteiger partial charge in [-0.05, 0) is 6.92 Å². The second kappa shape index (κ2) is 3.83. The lowest BCUT2D eigenvalue weighted by atomic mass is 10.4. The predicted molar refractivity (Wildman–Crippen MR) is 31.6 cm³/mol. The maximum Gasteiger partial charge on any atom is 0.307 e. The number of carbonyl (C=O) groups is 2. The van der Waals surface area contributed by atoms with E-state index in [-0.39, 0.29) is 5.78 Å². The first kappa shape index (κ1) is 7.88. The zero-order valence-electron chi connectivity index (χ0n) is 5.38. The van der Waals surface area contributed by atoms with E-state index in [0.29, 0.717) is 0 Å². The van der Waals surface area contributed by atoms with E-state index in [1.165, 1.54) is 19.9 Å². The van der Waals surface area contributed by atoms with E-state index in [0.717, 1.165) is 6.26 Å². The van der Waals surface area contributed by atoms with Crippen molar-refractivity contribution >= 4 is 11.8 Å². The van der Waals surface area contributed by atoms with E-state index < -0.39 is 5.97 Å². The fourth-order valence-electron chi connectivity index (χ4n) is 0.226. The molecule has 0 aliphatic heterocycles. The molecule has 0 saturated heterocycles. The van der Waals surface area contributed by atoms with Crippen LogP contribution in [0.25, 0.3) is 0 Å². The van der Waals surface area contributed by atoms with Gasteiger partial charge >= 0.3 is 5.97 Å². The van der Waals surface area contributed by atoms with Crippen LogP contribution in [0.15, 0.2) is 12.3 Å². The maximum absolute atomic E-state index is 10.1. The lowest BCUT2D eigenvalue weighted by Gasteiger charge is -1.86. The van der Waals surface area contributed by atoms with Crippen molar-refractivity contribution in [3.63, 3.8) is 0 Å². The predicted octanol–water partition coefficient (Wildman–Crippen LogP) is 0.652. The number of hydrogen-bond donors (Lipinski definition) is 0. The zero-order valence-corrected chi connectivity index (χ0v) is 5.38. The Balaban J connectivity index is 3.48. The Hall–Kier alpha value is -1.12. The van der Waals surface area contributed by atoms with Gasteiger partial charge in [0.15, 0.2) is 5.78 Å². The second-order valence-electron chi connectivity index (χ2n) is 1.52. The normalized spacial score (nSPS) is 9.56. The third-order valence-corrected chi connectivity index (χ3v) is 0.537. The average Bonchev–Trinajstić information content (AvgIpc) is 1.63. The van der Waals surface area contributed by atoms with Gasteiger partial charge in [-0.1, -0.05) is 0 Å². The van der Waals surface area contributed by atoms with Gasteiger partial charge < -0.3 is 4.74 Å². The standard InChI is InChI=1S/C6H8O3/c1-5(7)3-4-9-6(2)8/h3-4H,1-2H3/b4-3+. The molecule has 0 aromatic rings. The monoisotopic (exact) mass is 128 g/mol. The highest BCUT2D eigenvalue weighted by Crippen LogP contribution is 1.79. The van der Waals surface area contributed by atoms with Crippen molar-refractivity contribution in [2.24, 2.45) is 0 Å². The van der Waals surface area contributed by atoms with Crippen LogP contribution in [-0.4, -0.2) is 11.8 Å². The van der Waals surface area contributed by atoms with Crippen LogP contribution < -0.4 is 0 Å². The summed E-state index contributed by atoms with van der Waals surface area (Å²) in [5, 5.41) is 0. The first-order chi connectivity index (χ1) is 4.13. The number of allylic oxidation sites excluding steroid dienone is 1. The van der Waals surface area contributed by atoms with Crippen molar-refractivity contribution in [3.8, 4) is 0 Å². The summed E-state index contributed by atoms with van der Waals surface area (Å²) in [4.78, 5) is 20.2. The molecule has 0 aliphatic carbocycles. The number of ketones is 1. The SMILES string of the molecule is CC(=O)/C=C/OC(C)=O. The second-order valence-corrected chi connectivity index (χ2v) is 1.52. The van der Waals surface area contributed by atoms with Crippen molar-refractivity contribution < 1.29 is 14.3 Å². The Bertz CT molecular complexity index is 146. The highest BCUT2D eigenvalue weighted by atomic mass is 16.5. The molecule has 0 saturated carbocycles. The molecule has 0 amide bonds. The molecular weight excluding hydrogens is 120 g/mol. The van der Waals surface area contributed by atoms with E-state index in [9.17, 15) is 9.59 Å². The summed E-state index contributed by atoms with van der Waals surface area (Å²) in [7, 11) is 0. The van der Waals surface area contributed by atoms with Crippen molar-refractivity contribution in [1.82, 2.24) is 0 Å². The van der Waals surface area contributed by atoms with Crippen molar-refractivity contribution in [1.29, 1.82) is 0 Å². The lowest BCUT2D eigenvalue weighted by molar-refractivity contribution is -0.135. The Morgan fingerprint density at radius 3 is 2.22 bits per heavy atom. The van der Waals surface area contributed by atoms with E-state index >= 15 is 0 Å². The first-order valence-electron chi connectivity index (χ1n) is 2.47. The van der Waals surface area contributed by atoms with Gasteiger partial charge in [-0.2, -0.15) is 0 Å². The lowest BCUT2D eigenvalue weighted by Crippen LogP contribution is -1.90. The molecule has 0 radical (unpaired) electrons. The smallest absolute Gasteiger partial charge is 0.307 e. The molecule has 0 heterocycles. The number of hydrogen-bond acceptors (Lipinski definition) is 3. The number of esters is 1. The molecular formula is C6H8O3. The van der Waals surface area contributed by atoms with E-state index in [1.807, 2.05) is 0 Å². The molecule has 0 N–H and O–H groups in total. The van der Waals surface area contributed by atoms with E-state index in [4.69, 9.17) is 0 Å². The van der Waals surface area contributed by atoms with Crippen molar-refractivity contribution in [3.05, 3.63) is 12.3 Å². The first-order valence-corrected chi connectivity index (χ1v) is 2.47. The summed E-state index contributed by atoms with van der Waals surface area (Å²) in [6, 6.07) is 0. The van der Waals surface area contributed by atoms with Gasteiger partial charge in [0.25, 0.3) is 0 Å². The minimum absolute atomic E-state index is 0.142. The maximum atomic E-state index is 10.1. The highest BCUT2D eigenvalue weighted by molar-refractivity contribution is 5.87. The summed E-state index contributed by atoms with van der Waals surface area (Å²) >= 11 is 0. The van der Waals surface area contributed by atoms with Crippen LogP contribution in [0, 0.1) is 0 Å². The molecule has 0 spiro atoms. The van der Waals surface area contributed by atoms with Gasteiger partial charge in [-0.25, -0.2) is 0 Å². The molecule has 0 rings (SSSR count). The molecule has 0 aromatic heterocycles. The Kier molecular flexibility index (Phi) is 3.35. The van der Waals surface area contributed by atoms with Gasteiger partial charge in [0, 0.05) is 13.0 Å². The fraction of sp³-hybridized carbons (Fsp3) is 0.333. The molecule has 0 atom stereocenters. The number of carbonyl (C=O) groups excluding carboxylic acids is 2. The van der Waals surface area contributed by atoms with Gasteiger partial charge in [0.1, 0.15) is 0 Å². The Labute approximate surface area is 53.3 Å². The van der Waals surface area contributed by atoms with Crippen LogP contribution in [-0.2, 0) is 14.3 Å². The summed E-state index contributed by atoms with van der Waals surface area (Å²) in [6.45, 7) is 2.64. The van der Waals surface area contributed by atoms with E-state index in [1.54, 1.807) is 0 Å². The summed E-state index contributed by atoms with van der Waals surface area (Å²) in [5.74, 6) is -0.566. The molecule has 50 valence electrons. The molecule has 0 aromatic carbocycles. The third-order valence-electron chi connectivity index (χ3n) is 0.537. The average molecular weight is 128 g/mol. The largest absolute Gasteiger partial charge is 0.435 e. The third kappa shape index (κ3) is 6.88. The topological polar surface area (TPSA) is 43.4 Å². The quantitative estimate of drug-likeness (QED) is 0.311. The number of rotatable bonds is 2. The number of ether oxygens (including phenoxy) is 1. The van der Waals surface area contributed by atoms with Gasteiger partial charge in [0.05, 0.1) is 6.26 Å². The minimum atomic E-state index is -0.424. The van der Waals surface area contributed by atoms with Crippen LogP contribution in [0.2, 0.25) is 0 Å². The van der Waals surface area contributed by atoms with Gasteiger partial charge in [-0.3, -0.25) is 9.59 Å². The Morgan fingerprint density at radius 1 is 1.33 bits per heavy atom. The van der Waals surface area contributed by atoms with Crippen LogP contribution in [0.3, 0.4) is 0 Å². The van der Waals surface area contributed by atoms with Crippen molar-refractivity contribution in [2.75, 3.05) is 0 Å².